The molecule has 0 spiro atoms. The van der Waals surface area contributed by atoms with E-state index in [0.717, 1.165) is 29.8 Å². The molecule has 2 amide bonds. The maximum absolute atomic E-state index is 12.9. The van der Waals surface area contributed by atoms with E-state index in [4.69, 9.17) is 9.47 Å². The number of benzodiazepines with no additional fused rings is 1. The zero-order chi connectivity index (χ0) is 23.3. The lowest BCUT2D eigenvalue weighted by Gasteiger charge is -2.26. The van der Waals surface area contributed by atoms with Crippen molar-refractivity contribution in [2.75, 3.05) is 31.6 Å². The summed E-state index contributed by atoms with van der Waals surface area (Å²) in [4.78, 5) is 32.6. The average molecular weight is 477 g/mol. The number of morpholine rings is 1. The van der Waals surface area contributed by atoms with Gasteiger partial charge < -0.3 is 14.8 Å². The Labute approximate surface area is 201 Å². The van der Waals surface area contributed by atoms with Gasteiger partial charge in [-0.05, 0) is 17.5 Å². The lowest BCUT2D eigenvalue weighted by molar-refractivity contribution is -0.117. The average Bonchev–Trinajstić information content (AvgIpc) is 3.23. The molecule has 8 nitrogen and oxygen atoms in total. The Morgan fingerprint density at radius 3 is 2.71 bits per heavy atom. The fraction of sp³-hybridized carbons (Fsp3) is 0.240. The van der Waals surface area contributed by atoms with Gasteiger partial charge in [0.1, 0.15) is 0 Å². The predicted molar refractivity (Wildman–Crippen MR) is 131 cm³/mol. The maximum Gasteiger partial charge on any atom is 0.415 e. The molecule has 174 valence electrons. The fourth-order valence-electron chi connectivity index (χ4n) is 3.93. The van der Waals surface area contributed by atoms with Gasteiger partial charge in [0.15, 0.2) is 5.06 Å². The molecule has 0 radical (unpaired) electrons. The third-order valence-electron chi connectivity index (χ3n) is 5.64. The molecule has 1 fully saturated rings. The molecule has 1 atom stereocenters. The van der Waals surface area contributed by atoms with Crippen molar-refractivity contribution in [3.63, 3.8) is 0 Å². The van der Waals surface area contributed by atoms with Crippen molar-refractivity contribution >= 4 is 34.7 Å². The third-order valence-corrected chi connectivity index (χ3v) is 6.47. The topological polar surface area (TPSA) is 92.3 Å². The molecule has 5 rings (SSSR count). The van der Waals surface area contributed by atoms with Crippen LogP contribution in [-0.2, 0) is 16.1 Å². The first-order valence-electron chi connectivity index (χ1n) is 11.1. The summed E-state index contributed by atoms with van der Waals surface area (Å²) in [5.41, 5.74) is 3.81. The number of benzene rings is 2. The Morgan fingerprint density at radius 1 is 1.12 bits per heavy atom. The number of carbonyl (C=O) groups excluding carboxylic acids is 2. The standard InChI is InChI=1S/C25H24N4O4S/c30-23-22(27-21(17-6-2-1-3-7-17)19-8-4-5-9-20(19)26-23)28-25(31)33-24-18(10-15-34-24)16-29-11-13-32-14-12-29/h1-10,15,22H,11-14,16H2,(H,26,30)(H,28,31)/t22-/m1/s1. The van der Waals surface area contributed by atoms with Crippen LogP contribution in [0.2, 0.25) is 0 Å². The normalized spacial score (nSPS) is 18.3. The van der Waals surface area contributed by atoms with Crippen LogP contribution in [0.15, 0.2) is 71.0 Å². The number of thiophene rings is 1. The highest BCUT2D eigenvalue weighted by Crippen LogP contribution is 2.28. The molecular formula is C25H24N4O4S. The smallest absolute Gasteiger partial charge is 0.399 e. The Balaban J connectivity index is 1.34. The lowest BCUT2D eigenvalue weighted by atomic mass is 10.0. The number of ether oxygens (including phenoxy) is 2. The van der Waals surface area contributed by atoms with E-state index >= 15 is 0 Å². The molecule has 0 unspecified atom stereocenters. The number of amides is 2. The molecule has 3 heterocycles. The Hall–Kier alpha value is -3.53. The maximum atomic E-state index is 12.9. The van der Waals surface area contributed by atoms with E-state index < -0.39 is 18.2 Å². The van der Waals surface area contributed by atoms with Gasteiger partial charge in [-0.15, -0.1) is 11.3 Å². The number of carbonyl (C=O) groups is 2. The molecular weight excluding hydrogens is 452 g/mol. The van der Waals surface area contributed by atoms with Crippen LogP contribution in [0.3, 0.4) is 0 Å². The van der Waals surface area contributed by atoms with Crippen LogP contribution >= 0.6 is 11.3 Å². The summed E-state index contributed by atoms with van der Waals surface area (Å²) in [6.07, 6.45) is -1.87. The number of fused-ring (bicyclic) bond motifs is 1. The van der Waals surface area contributed by atoms with E-state index in [1.807, 2.05) is 66.0 Å². The summed E-state index contributed by atoms with van der Waals surface area (Å²) in [6, 6.07) is 19.0. The van der Waals surface area contributed by atoms with Gasteiger partial charge in [-0.25, -0.2) is 9.79 Å². The van der Waals surface area contributed by atoms with Crippen LogP contribution in [0.25, 0.3) is 0 Å². The molecule has 1 saturated heterocycles. The number of nitrogens with zero attached hydrogens (tertiary/aromatic N) is 2. The number of aliphatic imine (C=N–C) groups is 1. The highest BCUT2D eigenvalue weighted by molar-refractivity contribution is 7.12. The largest absolute Gasteiger partial charge is 0.415 e. The molecule has 2 aliphatic heterocycles. The number of hydrogen-bond donors (Lipinski definition) is 2. The quantitative estimate of drug-likeness (QED) is 0.588. The summed E-state index contributed by atoms with van der Waals surface area (Å²) in [6.45, 7) is 3.73. The van der Waals surface area contributed by atoms with Crippen molar-refractivity contribution in [3.05, 3.63) is 82.7 Å². The van der Waals surface area contributed by atoms with Crippen molar-refractivity contribution in [2.45, 2.75) is 12.7 Å². The van der Waals surface area contributed by atoms with Gasteiger partial charge in [0.2, 0.25) is 6.17 Å². The monoisotopic (exact) mass is 476 g/mol. The van der Waals surface area contributed by atoms with Crippen molar-refractivity contribution in [1.29, 1.82) is 0 Å². The zero-order valence-electron chi connectivity index (χ0n) is 18.4. The van der Waals surface area contributed by atoms with Crippen molar-refractivity contribution < 1.29 is 19.1 Å². The number of hydrogen-bond acceptors (Lipinski definition) is 7. The van der Waals surface area contributed by atoms with E-state index in [0.29, 0.717) is 36.2 Å². The van der Waals surface area contributed by atoms with Gasteiger partial charge in [0, 0.05) is 36.3 Å². The molecule has 2 N–H and O–H groups in total. The first kappa shape index (κ1) is 22.3. The minimum atomic E-state index is -1.14. The van der Waals surface area contributed by atoms with Gasteiger partial charge in [-0.1, -0.05) is 48.5 Å². The molecule has 3 aromatic rings. The van der Waals surface area contributed by atoms with Crippen LogP contribution in [-0.4, -0.2) is 55.1 Å². The summed E-state index contributed by atoms with van der Waals surface area (Å²) in [7, 11) is 0. The van der Waals surface area contributed by atoms with Crippen molar-refractivity contribution in [3.8, 4) is 5.06 Å². The summed E-state index contributed by atoms with van der Waals surface area (Å²) in [5.74, 6) is -0.435. The van der Waals surface area contributed by atoms with Crippen molar-refractivity contribution in [1.82, 2.24) is 10.2 Å². The van der Waals surface area contributed by atoms with Gasteiger partial charge in [0.25, 0.3) is 5.91 Å². The van der Waals surface area contributed by atoms with Crippen LogP contribution in [0.5, 0.6) is 5.06 Å². The highest BCUT2D eigenvalue weighted by atomic mass is 32.1. The molecule has 1 aromatic heterocycles. The molecule has 34 heavy (non-hydrogen) atoms. The van der Waals surface area contributed by atoms with Gasteiger partial charge in [0.05, 0.1) is 24.6 Å². The number of para-hydroxylation sites is 1. The SMILES string of the molecule is O=C(N[C@H]1N=C(c2ccccc2)c2ccccc2NC1=O)Oc1sccc1CN1CCOCC1. The van der Waals surface area contributed by atoms with E-state index in [2.05, 4.69) is 20.5 Å². The summed E-state index contributed by atoms with van der Waals surface area (Å²) >= 11 is 1.34. The van der Waals surface area contributed by atoms with Gasteiger partial charge in [-0.3, -0.25) is 15.0 Å². The van der Waals surface area contributed by atoms with Crippen LogP contribution in [0, 0.1) is 0 Å². The van der Waals surface area contributed by atoms with Gasteiger partial charge >= 0.3 is 6.09 Å². The lowest BCUT2D eigenvalue weighted by Crippen LogP contribution is -2.43. The van der Waals surface area contributed by atoms with E-state index in [9.17, 15) is 9.59 Å². The Kier molecular flexibility index (Phi) is 6.66. The zero-order valence-corrected chi connectivity index (χ0v) is 19.2. The molecule has 2 aliphatic rings. The number of anilines is 1. The summed E-state index contributed by atoms with van der Waals surface area (Å²) in [5, 5.41) is 7.88. The third kappa shape index (κ3) is 5.01. The number of rotatable bonds is 5. The van der Waals surface area contributed by atoms with Crippen molar-refractivity contribution in [2.24, 2.45) is 4.99 Å². The van der Waals surface area contributed by atoms with Gasteiger partial charge in [-0.2, -0.15) is 0 Å². The first-order chi connectivity index (χ1) is 16.7. The minimum absolute atomic E-state index is 0.435. The fourth-order valence-corrected chi connectivity index (χ4v) is 4.70. The Bertz CT molecular complexity index is 1200. The van der Waals surface area contributed by atoms with E-state index in [-0.39, 0.29) is 0 Å². The molecule has 0 bridgehead atoms. The second-order valence-corrected chi connectivity index (χ2v) is 8.82. The predicted octanol–water partition coefficient (Wildman–Crippen LogP) is 3.48. The Morgan fingerprint density at radius 2 is 1.88 bits per heavy atom. The minimum Gasteiger partial charge on any atom is -0.399 e. The molecule has 9 heteroatoms. The summed E-state index contributed by atoms with van der Waals surface area (Å²) < 4.78 is 11.0. The van der Waals surface area contributed by atoms with Crippen LogP contribution < -0.4 is 15.4 Å². The highest BCUT2D eigenvalue weighted by Gasteiger charge is 2.28. The molecule has 0 aliphatic carbocycles. The van der Waals surface area contributed by atoms with E-state index in [1.165, 1.54) is 11.3 Å². The van der Waals surface area contributed by atoms with Crippen LogP contribution in [0.4, 0.5) is 10.5 Å². The molecule has 2 aromatic carbocycles. The number of nitrogens with one attached hydrogen (secondary N) is 2. The van der Waals surface area contributed by atoms with E-state index in [1.54, 1.807) is 0 Å². The van der Waals surface area contributed by atoms with Crippen LogP contribution in [0.1, 0.15) is 16.7 Å². The molecule has 0 saturated carbocycles. The first-order valence-corrected chi connectivity index (χ1v) is 11.9. The second-order valence-electron chi connectivity index (χ2n) is 7.94. The second kappa shape index (κ2) is 10.2.